The number of carbonyl (C=O) groups is 1. The highest BCUT2D eigenvalue weighted by Crippen LogP contribution is 2.47. The maximum absolute atomic E-state index is 12.9. The minimum Gasteiger partial charge on any atom is -0.508 e. The molecule has 0 amide bonds. The first kappa shape index (κ1) is 16.8. The van der Waals surface area contributed by atoms with Gasteiger partial charge in [0.05, 0.1) is 12.7 Å². The van der Waals surface area contributed by atoms with Crippen molar-refractivity contribution in [3.8, 4) is 17.2 Å². The molecule has 0 saturated heterocycles. The predicted molar refractivity (Wildman–Crippen MR) is 98.1 cm³/mol. The zero-order chi connectivity index (χ0) is 18.5. The van der Waals surface area contributed by atoms with Gasteiger partial charge in [-0.1, -0.05) is 6.08 Å². The summed E-state index contributed by atoms with van der Waals surface area (Å²) in [7, 11) is 1.54. The van der Waals surface area contributed by atoms with Crippen molar-refractivity contribution >= 4 is 11.9 Å². The fourth-order valence-corrected chi connectivity index (χ4v) is 3.64. The van der Waals surface area contributed by atoms with Gasteiger partial charge in [0.2, 0.25) is 0 Å². The molecule has 2 heterocycles. The summed E-state index contributed by atoms with van der Waals surface area (Å²) in [5.41, 5.74) is 0.823. The van der Waals surface area contributed by atoms with Crippen LogP contribution >= 0.6 is 0 Å². The van der Waals surface area contributed by atoms with Gasteiger partial charge in [-0.25, -0.2) is 0 Å². The molecule has 0 bridgehead atoms. The number of carbonyl (C=O) groups excluding carboxylic acids is 1. The number of allylic oxidation sites excluding steroid dienone is 2. The van der Waals surface area contributed by atoms with Crippen LogP contribution in [0.15, 0.2) is 36.1 Å². The number of benzene rings is 1. The van der Waals surface area contributed by atoms with E-state index in [2.05, 4.69) is 0 Å². The molecule has 0 radical (unpaired) electrons. The molecular weight excluding hydrogens is 332 g/mol. The average Bonchev–Trinajstić information content (AvgIpc) is 2.60. The summed E-state index contributed by atoms with van der Waals surface area (Å²) in [6, 6.07) is 1.77. The van der Waals surface area contributed by atoms with E-state index in [9.17, 15) is 9.90 Å². The fourth-order valence-electron chi connectivity index (χ4n) is 3.64. The number of hydrogen-bond donors (Lipinski definition) is 1. The van der Waals surface area contributed by atoms with Gasteiger partial charge in [0, 0.05) is 18.4 Å². The number of fused-ring (bicyclic) bond motifs is 3. The van der Waals surface area contributed by atoms with Gasteiger partial charge < -0.3 is 19.3 Å². The monoisotopic (exact) mass is 354 g/mol. The molecule has 0 spiro atoms. The maximum Gasteiger partial charge on any atom is 0.174 e. The van der Waals surface area contributed by atoms with Crippen molar-refractivity contribution in [2.75, 3.05) is 7.11 Å². The Hall–Kier alpha value is -2.69. The fraction of sp³-hybridized carbons (Fsp3) is 0.381. The van der Waals surface area contributed by atoms with E-state index in [0.29, 0.717) is 29.2 Å². The van der Waals surface area contributed by atoms with Crippen LogP contribution in [0.3, 0.4) is 0 Å². The van der Waals surface area contributed by atoms with Gasteiger partial charge in [0.15, 0.2) is 5.78 Å². The second-order valence-corrected chi connectivity index (χ2v) is 7.40. The molecular formula is C21H22O5. The molecule has 1 aromatic rings. The van der Waals surface area contributed by atoms with Crippen LogP contribution in [-0.4, -0.2) is 29.7 Å². The molecule has 5 heteroatoms. The van der Waals surface area contributed by atoms with E-state index in [4.69, 9.17) is 14.2 Å². The first-order chi connectivity index (χ1) is 12.4. The summed E-state index contributed by atoms with van der Waals surface area (Å²) < 4.78 is 17.8. The highest BCUT2D eigenvalue weighted by Gasteiger charge is 2.37. The Morgan fingerprint density at radius 2 is 2.12 bits per heavy atom. The number of ketones is 1. The van der Waals surface area contributed by atoms with Crippen LogP contribution in [-0.2, 0) is 0 Å². The van der Waals surface area contributed by atoms with E-state index in [1.54, 1.807) is 25.3 Å². The van der Waals surface area contributed by atoms with E-state index in [-0.39, 0.29) is 30.0 Å². The van der Waals surface area contributed by atoms with Crippen molar-refractivity contribution in [3.63, 3.8) is 0 Å². The molecule has 1 aliphatic carbocycles. The van der Waals surface area contributed by atoms with Crippen molar-refractivity contribution < 1.29 is 24.1 Å². The van der Waals surface area contributed by atoms with Crippen LogP contribution in [0.1, 0.15) is 42.6 Å². The van der Waals surface area contributed by atoms with Crippen LogP contribution in [0.5, 0.6) is 17.2 Å². The quantitative estimate of drug-likeness (QED) is 0.861. The first-order valence-electron chi connectivity index (χ1n) is 8.78. The second-order valence-electron chi connectivity index (χ2n) is 7.40. The molecule has 1 N–H and O–H groups in total. The highest BCUT2D eigenvalue weighted by molar-refractivity contribution is 6.04. The molecule has 4 rings (SSSR count). The van der Waals surface area contributed by atoms with E-state index in [0.717, 1.165) is 5.56 Å². The topological polar surface area (TPSA) is 65.0 Å². The van der Waals surface area contributed by atoms with Gasteiger partial charge in [-0.2, -0.15) is 0 Å². The van der Waals surface area contributed by atoms with Gasteiger partial charge in [0.25, 0.3) is 0 Å². The van der Waals surface area contributed by atoms with Crippen molar-refractivity contribution in [2.24, 2.45) is 5.92 Å². The largest absolute Gasteiger partial charge is 0.508 e. The number of Topliss-reactive ketones (excluding diaryl/α,β-unsaturated/α-hetero) is 1. The lowest BCUT2D eigenvalue weighted by Crippen LogP contribution is -2.35. The molecule has 5 nitrogen and oxygen atoms in total. The average molecular weight is 354 g/mol. The zero-order valence-electron chi connectivity index (χ0n) is 15.1. The summed E-state index contributed by atoms with van der Waals surface area (Å²) in [5.74, 6) is 1.94. The predicted octanol–water partition coefficient (Wildman–Crippen LogP) is 4.23. The molecule has 0 saturated carbocycles. The van der Waals surface area contributed by atoms with Crippen molar-refractivity contribution in [2.45, 2.75) is 38.4 Å². The van der Waals surface area contributed by atoms with Gasteiger partial charge >= 0.3 is 0 Å². The summed E-state index contributed by atoms with van der Waals surface area (Å²) in [6.07, 6.45) is 9.86. The first-order valence-corrected chi connectivity index (χ1v) is 8.78. The lowest BCUT2D eigenvalue weighted by atomic mass is 9.86. The lowest BCUT2D eigenvalue weighted by molar-refractivity contribution is 0.0771. The van der Waals surface area contributed by atoms with Crippen molar-refractivity contribution in [3.05, 3.63) is 47.3 Å². The molecule has 0 fully saturated rings. The number of hydrogen-bond acceptors (Lipinski definition) is 5. The van der Waals surface area contributed by atoms with Gasteiger partial charge in [0.1, 0.15) is 40.3 Å². The summed E-state index contributed by atoms with van der Waals surface area (Å²) >= 11 is 0. The number of methoxy groups -OCH3 is 1. The molecule has 1 aromatic carbocycles. The Morgan fingerprint density at radius 3 is 2.81 bits per heavy atom. The van der Waals surface area contributed by atoms with Crippen LogP contribution < -0.4 is 14.2 Å². The van der Waals surface area contributed by atoms with Crippen LogP contribution in [0.25, 0.3) is 6.08 Å². The van der Waals surface area contributed by atoms with Crippen molar-refractivity contribution in [1.29, 1.82) is 0 Å². The minimum atomic E-state index is -0.432. The molecule has 26 heavy (non-hydrogen) atoms. The van der Waals surface area contributed by atoms with Gasteiger partial charge in [-0.3, -0.25) is 4.79 Å². The third-order valence-corrected chi connectivity index (χ3v) is 5.02. The second kappa shape index (κ2) is 5.94. The maximum atomic E-state index is 12.9. The highest BCUT2D eigenvalue weighted by atomic mass is 16.5. The Kier molecular flexibility index (Phi) is 3.83. The van der Waals surface area contributed by atoms with Gasteiger partial charge in [-0.15, -0.1) is 0 Å². The Morgan fingerprint density at radius 1 is 1.31 bits per heavy atom. The van der Waals surface area contributed by atoms with E-state index < -0.39 is 5.60 Å². The van der Waals surface area contributed by atoms with Crippen molar-refractivity contribution in [1.82, 2.24) is 0 Å². The van der Waals surface area contributed by atoms with Crippen LogP contribution in [0.4, 0.5) is 0 Å². The summed E-state index contributed by atoms with van der Waals surface area (Å²) in [5, 5.41) is 9.53. The molecule has 0 aromatic heterocycles. The standard InChI is InChI=1S/C21H22O5/c1-21(2)9-8-14-17(26-21)11-18(24-3)19-15(23)10-16(25-20(14)19)12-4-6-13(22)7-5-12/h4,6-9,11-12,16,22H,5,10H2,1-3H3. The van der Waals surface area contributed by atoms with Crippen LogP contribution in [0.2, 0.25) is 0 Å². The Bertz CT molecular complexity index is 860. The van der Waals surface area contributed by atoms with E-state index >= 15 is 0 Å². The van der Waals surface area contributed by atoms with E-state index in [1.165, 1.54) is 0 Å². The number of ether oxygens (including phenoxy) is 3. The number of aliphatic hydroxyl groups excluding tert-OH is 1. The minimum absolute atomic E-state index is 0.00121. The summed E-state index contributed by atoms with van der Waals surface area (Å²) in [6.45, 7) is 3.94. The molecule has 2 unspecified atom stereocenters. The smallest absolute Gasteiger partial charge is 0.174 e. The Labute approximate surface area is 152 Å². The third kappa shape index (κ3) is 2.77. The number of rotatable bonds is 2. The normalized spacial score (nSPS) is 25.5. The molecule has 136 valence electrons. The summed E-state index contributed by atoms with van der Waals surface area (Å²) in [4.78, 5) is 12.9. The number of aliphatic hydroxyl groups is 1. The Balaban J connectivity index is 1.77. The van der Waals surface area contributed by atoms with Crippen LogP contribution in [0, 0.1) is 5.92 Å². The molecule has 3 aliphatic rings. The van der Waals surface area contributed by atoms with Gasteiger partial charge in [-0.05, 0) is 44.6 Å². The molecule has 2 aliphatic heterocycles. The third-order valence-electron chi connectivity index (χ3n) is 5.02. The zero-order valence-corrected chi connectivity index (χ0v) is 15.1. The SMILES string of the molecule is COc1cc2c(c3c1C(=O)CC(C1C=CC(O)=CC1)O3)C=CC(C)(C)O2. The van der Waals surface area contributed by atoms with E-state index in [1.807, 2.05) is 32.1 Å². The lowest BCUT2D eigenvalue weighted by Gasteiger charge is -2.35. The molecule has 2 atom stereocenters.